The predicted octanol–water partition coefficient (Wildman–Crippen LogP) is 4.71. The lowest BCUT2D eigenvalue weighted by molar-refractivity contribution is 0.414. The first-order valence-electron chi connectivity index (χ1n) is 5.93. The number of hydrogen-bond acceptors (Lipinski definition) is 4. The lowest BCUT2D eigenvalue weighted by Crippen LogP contribution is -1.89. The number of benzene rings is 2. The Labute approximate surface area is 129 Å². The van der Waals surface area contributed by atoms with Crippen LogP contribution in [0.5, 0.6) is 5.75 Å². The van der Waals surface area contributed by atoms with Crippen LogP contribution < -0.4 is 4.74 Å². The summed E-state index contributed by atoms with van der Waals surface area (Å²) in [6.07, 6.45) is 0. The summed E-state index contributed by atoms with van der Waals surface area (Å²) in [4.78, 5) is 2.45. The zero-order valence-electron chi connectivity index (χ0n) is 10.7. The summed E-state index contributed by atoms with van der Waals surface area (Å²) in [5.41, 5.74) is 2.43. The molecule has 0 heterocycles. The Morgan fingerprint density at radius 2 is 1.63 bits per heavy atom. The topological polar surface area (TPSA) is 9.23 Å². The minimum Gasteiger partial charge on any atom is -0.497 e. The van der Waals surface area contributed by atoms with Crippen molar-refractivity contribution >= 4 is 37.0 Å². The fourth-order valence-corrected chi connectivity index (χ4v) is 3.56. The zero-order chi connectivity index (χ0) is 13.7. The normalized spacial score (nSPS) is 10.5. The van der Waals surface area contributed by atoms with Gasteiger partial charge in [-0.3, -0.25) is 0 Å². The smallest absolute Gasteiger partial charge is 0.119 e. The molecule has 0 saturated carbocycles. The van der Waals surface area contributed by atoms with Crippen LogP contribution in [0.3, 0.4) is 0 Å². The largest absolute Gasteiger partial charge is 0.497 e. The van der Waals surface area contributed by atoms with Gasteiger partial charge in [0.25, 0.3) is 0 Å². The van der Waals surface area contributed by atoms with E-state index in [1.54, 1.807) is 18.9 Å². The van der Waals surface area contributed by atoms with E-state index in [2.05, 4.69) is 49.5 Å². The van der Waals surface area contributed by atoms with Gasteiger partial charge in [0.15, 0.2) is 0 Å². The summed E-state index contributed by atoms with van der Waals surface area (Å²) in [5.74, 6) is 2.31. The van der Waals surface area contributed by atoms with E-state index in [9.17, 15) is 0 Å². The molecule has 0 bridgehead atoms. The van der Waals surface area contributed by atoms with Gasteiger partial charge in [-0.25, -0.2) is 0 Å². The molecule has 0 aliphatic carbocycles. The van der Waals surface area contributed by atoms with Gasteiger partial charge < -0.3 is 4.74 Å². The summed E-state index contributed by atoms with van der Waals surface area (Å²) < 4.78 is 5.25. The maximum absolute atomic E-state index is 5.25. The van der Waals surface area contributed by atoms with Crippen LogP contribution >= 0.6 is 37.0 Å². The molecule has 4 heteroatoms. The van der Waals surface area contributed by atoms with Crippen LogP contribution in [0.1, 0.15) is 11.1 Å². The Morgan fingerprint density at radius 3 is 2.32 bits per heavy atom. The summed E-state index contributed by atoms with van der Waals surface area (Å²) in [6, 6.07) is 14.5. The molecule has 0 amide bonds. The van der Waals surface area contributed by atoms with Gasteiger partial charge in [0, 0.05) is 21.3 Å². The first kappa shape index (κ1) is 14.7. The monoisotopic (exact) mass is 308 g/mol. The van der Waals surface area contributed by atoms with Crippen molar-refractivity contribution in [1.82, 2.24) is 0 Å². The van der Waals surface area contributed by atoms with Crippen molar-refractivity contribution in [2.24, 2.45) is 0 Å². The van der Waals surface area contributed by atoms with Gasteiger partial charge >= 0.3 is 0 Å². The minimum absolute atomic E-state index is 0.697. The third-order valence-electron chi connectivity index (χ3n) is 2.80. The third kappa shape index (κ3) is 3.65. The second kappa shape index (κ2) is 7.17. The van der Waals surface area contributed by atoms with Crippen LogP contribution in [0.4, 0.5) is 0 Å². The Balaban J connectivity index is 2.32. The van der Waals surface area contributed by atoms with E-state index >= 15 is 0 Å². The quantitative estimate of drug-likeness (QED) is 0.774. The van der Waals surface area contributed by atoms with Gasteiger partial charge in [-0.15, -0.1) is 0 Å². The molecule has 0 N–H and O–H groups in total. The van der Waals surface area contributed by atoms with E-state index in [1.807, 2.05) is 18.2 Å². The van der Waals surface area contributed by atoms with Crippen molar-refractivity contribution in [3.8, 4) is 5.75 Å². The molecule has 0 spiro atoms. The highest BCUT2D eigenvalue weighted by atomic mass is 32.2. The Hall–Kier alpha value is -0.710. The van der Waals surface area contributed by atoms with E-state index < -0.39 is 0 Å². The Morgan fingerprint density at radius 1 is 0.947 bits per heavy atom. The Kier molecular flexibility index (Phi) is 5.55. The van der Waals surface area contributed by atoms with Crippen LogP contribution in [-0.2, 0) is 11.5 Å². The number of ether oxygens (including phenoxy) is 1. The van der Waals surface area contributed by atoms with Crippen LogP contribution in [0, 0.1) is 0 Å². The number of rotatable bonds is 5. The molecule has 0 saturated heterocycles. The van der Waals surface area contributed by atoms with Crippen molar-refractivity contribution in [3.05, 3.63) is 53.6 Å². The number of hydrogen-bond donors (Lipinski definition) is 2. The third-order valence-corrected chi connectivity index (χ3v) is 4.72. The first-order chi connectivity index (χ1) is 9.28. The zero-order valence-corrected chi connectivity index (χ0v) is 13.3. The van der Waals surface area contributed by atoms with E-state index in [-0.39, 0.29) is 0 Å². The molecule has 0 aromatic heterocycles. The highest BCUT2D eigenvalue weighted by molar-refractivity contribution is 7.99. The molecule has 0 radical (unpaired) electrons. The number of thiol groups is 2. The van der Waals surface area contributed by atoms with Crippen molar-refractivity contribution in [2.75, 3.05) is 7.11 Å². The molecule has 19 heavy (non-hydrogen) atoms. The predicted molar refractivity (Wildman–Crippen MR) is 88.9 cm³/mol. The van der Waals surface area contributed by atoms with Gasteiger partial charge in [-0.05, 0) is 35.4 Å². The fraction of sp³-hybridized carbons (Fsp3) is 0.200. The molecule has 1 nitrogen and oxygen atoms in total. The Bertz CT molecular complexity index is 555. The molecule has 2 rings (SSSR count). The molecule has 0 aliphatic heterocycles. The molecule has 0 atom stereocenters. The standard InChI is InChI=1S/C15H16OS3/c1-16-13-6-7-15(12(8-13)10-18)19-14-5-3-2-4-11(14)9-17/h2-8,17-18H,9-10H2,1H3. The minimum atomic E-state index is 0.697. The van der Waals surface area contributed by atoms with Gasteiger partial charge in [-0.1, -0.05) is 30.0 Å². The molecular weight excluding hydrogens is 292 g/mol. The SMILES string of the molecule is COc1ccc(Sc2ccccc2CS)c(CS)c1. The van der Waals surface area contributed by atoms with Crippen LogP contribution in [0.15, 0.2) is 52.3 Å². The van der Waals surface area contributed by atoms with E-state index in [0.717, 1.165) is 11.5 Å². The van der Waals surface area contributed by atoms with E-state index in [1.165, 1.54) is 20.9 Å². The summed E-state index contributed by atoms with van der Waals surface area (Å²) in [5, 5.41) is 0. The van der Waals surface area contributed by atoms with Crippen LogP contribution in [0.2, 0.25) is 0 Å². The second-order valence-corrected chi connectivity index (χ2v) is 5.72. The van der Waals surface area contributed by atoms with Crippen molar-refractivity contribution in [2.45, 2.75) is 21.3 Å². The molecule has 0 aliphatic rings. The molecule has 2 aromatic carbocycles. The van der Waals surface area contributed by atoms with Gasteiger partial charge in [0.2, 0.25) is 0 Å². The van der Waals surface area contributed by atoms with Gasteiger partial charge in [0.05, 0.1) is 7.11 Å². The van der Waals surface area contributed by atoms with Crippen molar-refractivity contribution < 1.29 is 4.74 Å². The first-order valence-corrected chi connectivity index (χ1v) is 8.01. The highest BCUT2D eigenvalue weighted by Crippen LogP contribution is 2.35. The fourth-order valence-electron chi connectivity index (χ4n) is 1.76. The maximum atomic E-state index is 5.25. The second-order valence-electron chi connectivity index (χ2n) is 4.00. The van der Waals surface area contributed by atoms with E-state index in [0.29, 0.717) is 5.75 Å². The lowest BCUT2D eigenvalue weighted by atomic mass is 10.2. The maximum Gasteiger partial charge on any atom is 0.119 e. The van der Waals surface area contributed by atoms with Gasteiger partial charge in [0.1, 0.15) is 5.75 Å². The van der Waals surface area contributed by atoms with Crippen molar-refractivity contribution in [1.29, 1.82) is 0 Å². The summed E-state index contributed by atoms with van der Waals surface area (Å²) >= 11 is 10.5. The summed E-state index contributed by atoms with van der Waals surface area (Å²) in [6.45, 7) is 0. The molecule has 0 unspecified atom stereocenters. The van der Waals surface area contributed by atoms with Crippen molar-refractivity contribution in [3.63, 3.8) is 0 Å². The number of methoxy groups -OCH3 is 1. The average molecular weight is 308 g/mol. The lowest BCUT2D eigenvalue weighted by Gasteiger charge is -2.11. The average Bonchev–Trinajstić information content (AvgIpc) is 2.48. The van der Waals surface area contributed by atoms with Crippen LogP contribution in [-0.4, -0.2) is 7.11 Å². The van der Waals surface area contributed by atoms with Gasteiger partial charge in [-0.2, -0.15) is 25.3 Å². The molecule has 2 aromatic rings. The van der Waals surface area contributed by atoms with Crippen LogP contribution in [0.25, 0.3) is 0 Å². The van der Waals surface area contributed by atoms with E-state index in [4.69, 9.17) is 4.74 Å². The molecular formula is C15H16OS3. The molecule has 100 valence electrons. The summed E-state index contributed by atoms with van der Waals surface area (Å²) in [7, 11) is 1.68. The molecule has 0 fully saturated rings. The highest BCUT2D eigenvalue weighted by Gasteiger charge is 2.07.